The van der Waals surface area contributed by atoms with Crippen LogP contribution in [0, 0.1) is 0 Å². The predicted octanol–water partition coefficient (Wildman–Crippen LogP) is 1.26. The van der Waals surface area contributed by atoms with Gasteiger partial charge in [0.1, 0.15) is 0 Å². The summed E-state index contributed by atoms with van der Waals surface area (Å²) in [4.78, 5) is 12.5. The van der Waals surface area contributed by atoms with E-state index in [0.29, 0.717) is 11.4 Å². The summed E-state index contributed by atoms with van der Waals surface area (Å²) in [6.07, 6.45) is 0. The van der Waals surface area contributed by atoms with Gasteiger partial charge in [0.15, 0.2) is 0 Å². The van der Waals surface area contributed by atoms with E-state index in [4.69, 9.17) is 5.73 Å². The monoisotopic (exact) mass is 227 g/mol. The van der Waals surface area contributed by atoms with Gasteiger partial charge in [-0.25, -0.2) is 0 Å². The molecule has 0 fully saturated rings. The largest absolute Gasteiger partial charge is 0.380 e. The van der Waals surface area contributed by atoms with E-state index in [0.717, 1.165) is 5.00 Å². The molecule has 0 saturated heterocycles. The van der Waals surface area contributed by atoms with Crippen LogP contribution in [0.15, 0.2) is 12.1 Å². The van der Waals surface area contributed by atoms with Crippen LogP contribution in [0.3, 0.4) is 0 Å². The van der Waals surface area contributed by atoms with Gasteiger partial charge in [-0.2, -0.15) is 0 Å². The van der Waals surface area contributed by atoms with E-state index in [-0.39, 0.29) is 11.4 Å². The molecule has 0 atom stereocenters. The van der Waals surface area contributed by atoms with Crippen LogP contribution in [0.25, 0.3) is 0 Å². The van der Waals surface area contributed by atoms with Gasteiger partial charge in [0.2, 0.25) is 0 Å². The number of hydrogen-bond donors (Lipinski definition) is 3. The molecule has 1 aromatic rings. The fourth-order valence-corrected chi connectivity index (χ4v) is 1.77. The summed E-state index contributed by atoms with van der Waals surface area (Å²) in [5.74, 6) is -0.0723. The van der Waals surface area contributed by atoms with Gasteiger partial charge < -0.3 is 16.4 Å². The molecule has 0 unspecified atom stereocenters. The summed E-state index contributed by atoms with van der Waals surface area (Å²) in [5.41, 5.74) is 5.18. The zero-order chi connectivity index (χ0) is 11.5. The molecule has 4 nitrogen and oxygen atoms in total. The SMILES string of the molecule is CNc1ccc(C(=O)NC(C)(C)CN)s1. The molecule has 0 aliphatic heterocycles. The van der Waals surface area contributed by atoms with E-state index in [1.165, 1.54) is 11.3 Å². The fourth-order valence-electron chi connectivity index (χ4n) is 1.01. The zero-order valence-electron chi connectivity index (χ0n) is 9.26. The third-order valence-electron chi connectivity index (χ3n) is 2.04. The van der Waals surface area contributed by atoms with Crippen molar-refractivity contribution in [2.24, 2.45) is 5.73 Å². The first-order chi connectivity index (χ1) is 6.98. The number of carbonyl (C=O) groups is 1. The Morgan fingerprint density at radius 2 is 2.20 bits per heavy atom. The van der Waals surface area contributed by atoms with Crippen molar-refractivity contribution >= 4 is 22.2 Å². The van der Waals surface area contributed by atoms with Crippen LogP contribution in [0.2, 0.25) is 0 Å². The first kappa shape index (κ1) is 12.0. The smallest absolute Gasteiger partial charge is 0.261 e. The van der Waals surface area contributed by atoms with Gasteiger partial charge in [0.25, 0.3) is 5.91 Å². The Labute approximate surface area is 93.9 Å². The summed E-state index contributed by atoms with van der Waals surface area (Å²) < 4.78 is 0. The second-order valence-electron chi connectivity index (χ2n) is 3.96. The summed E-state index contributed by atoms with van der Waals surface area (Å²) in [7, 11) is 1.83. The van der Waals surface area contributed by atoms with Crippen molar-refractivity contribution in [3.05, 3.63) is 17.0 Å². The van der Waals surface area contributed by atoms with E-state index in [1.807, 2.05) is 27.0 Å². The number of hydrogen-bond acceptors (Lipinski definition) is 4. The molecule has 0 aliphatic carbocycles. The Morgan fingerprint density at radius 1 is 1.53 bits per heavy atom. The maximum absolute atomic E-state index is 11.8. The van der Waals surface area contributed by atoms with Crippen molar-refractivity contribution in [1.29, 1.82) is 0 Å². The van der Waals surface area contributed by atoms with Crippen LogP contribution in [0.5, 0.6) is 0 Å². The van der Waals surface area contributed by atoms with Gasteiger partial charge in [-0.05, 0) is 26.0 Å². The molecule has 15 heavy (non-hydrogen) atoms. The third-order valence-corrected chi connectivity index (χ3v) is 3.14. The van der Waals surface area contributed by atoms with E-state index < -0.39 is 0 Å². The van der Waals surface area contributed by atoms with Crippen molar-refractivity contribution in [2.75, 3.05) is 18.9 Å². The lowest BCUT2D eigenvalue weighted by atomic mass is 10.1. The summed E-state index contributed by atoms with van der Waals surface area (Å²) in [6, 6.07) is 3.69. The lowest BCUT2D eigenvalue weighted by molar-refractivity contribution is 0.0920. The second kappa shape index (κ2) is 4.63. The van der Waals surface area contributed by atoms with E-state index in [2.05, 4.69) is 10.6 Å². The highest BCUT2D eigenvalue weighted by Gasteiger charge is 2.20. The van der Waals surface area contributed by atoms with Gasteiger partial charge in [0, 0.05) is 19.1 Å². The molecule has 0 aliphatic rings. The van der Waals surface area contributed by atoms with Crippen molar-refractivity contribution in [2.45, 2.75) is 19.4 Å². The van der Waals surface area contributed by atoms with Crippen molar-refractivity contribution in [3.63, 3.8) is 0 Å². The zero-order valence-corrected chi connectivity index (χ0v) is 10.1. The molecule has 0 radical (unpaired) electrons. The average molecular weight is 227 g/mol. The van der Waals surface area contributed by atoms with Gasteiger partial charge in [-0.3, -0.25) is 4.79 Å². The maximum Gasteiger partial charge on any atom is 0.261 e. The highest BCUT2D eigenvalue weighted by atomic mass is 32.1. The highest BCUT2D eigenvalue weighted by Crippen LogP contribution is 2.21. The van der Waals surface area contributed by atoms with Crippen LogP contribution >= 0.6 is 11.3 Å². The lowest BCUT2D eigenvalue weighted by Crippen LogP contribution is -2.48. The minimum Gasteiger partial charge on any atom is -0.380 e. The first-order valence-electron chi connectivity index (χ1n) is 4.78. The minimum atomic E-state index is -0.360. The van der Waals surface area contributed by atoms with Crippen LogP contribution in [-0.4, -0.2) is 25.0 Å². The predicted molar refractivity (Wildman–Crippen MR) is 64.5 cm³/mol. The highest BCUT2D eigenvalue weighted by molar-refractivity contribution is 7.17. The maximum atomic E-state index is 11.8. The molecule has 4 N–H and O–H groups in total. The molecular weight excluding hydrogens is 210 g/mol. The Balaban J connectivity index is 2.69. The van der Waals surface area contributed by atoms with Crippen molar-refractivity contribution < 1.29 is 4.79 Å². The molecule has 5 heteroatoms. The topological polar surface area (TPSA) is 67.2 Å². The number of thiophene rings is 1. The molecule has 0 bridgehead atoms. The summed E-state index contributed by atoms with van der Waals surface area (Å²) >= 11 is 1.43. The Morgan fingerprint density at radius 3 is 2.67 bits per heavy atom. The van der Waals surface area contributed by atoms with Gasteiger partial charge >= 0.3 is 0 Å². The third kappa shape index (κ3) is 3.21. The first-order valence-corrected chi connectivity index (χ1v) is 5.60. The number of nitrogens with two attached hydrogens (primary N) is 1. The van der Waals surface area contributed by atoms with E-state index in [9.17, 15) is 4.79 Å². The van der Waals surface area contributed by atoms with E-state index >= 15 is 0 Å². The molecule has 1 rings (SSSR count). The van der Waals surface area contributed by atoms with Crippen LogP contribution in [0.1, 0.15) is 23.5 Å². The molecule has 84 valence electrons. The average Bonchev–Trinajstić information content (AvgIpc) is 2.65. The number of anilines is 1. The van der Waals surface area contributed by atoms with Gasteiger partial charge in [-0.15, -0.1) is 11.3 Å². The molecular formula is C10H17N3OS. The van der Waals surface area contributed by atoms with Gasteiger partial charge in [-0.1, -0.05) is 0 Å². The van der Waals surface area contributed by atoms with Crippen LogP contribution in [0.4, 0.5) is 5.00 Å². The number of rotatable bonds is 4. The Kier molecular flexibility index (Phi) is 3.71. The quantitative estimate of drug-likeness (QED) is 0.725. The molecule has 1 heterocycles. The number of amides is 1. The van der Waals surface area contributed by atoms with Crippen molar-refractivity contribution in [1.82, 2.24) is 5.32 Å². The molecule has 0 aromatic carbocycles. The standard InChI is InChI=1S/C10H17N3OS/c1-10(2,6-11)13-9(14)7-4-5-8(12-3)15-7/h4-5,12H,6,11H2,1-3H3,(H,13,14). The number of carbonyl (C=O) groups excluding carboxylic acids is 1. The Hall–Kier alpha value is -1.07. The minimum absolute atomic E-state index is 0.0723. The summed E-state index contributed by atoms with van der Waals surface area (Å²) in [6.45, 7) is 4.22. The molecule has 0 saturated carbocycles. The normalized spacial score (nSPS) is 11.2. The fraction of sp³-hybridized carbons (Fsp3) is 0.500. The Bertz CT molecular complexity index is 346. The number of nitrogens with one attached hydrogen (secondary N) is 2. The van der Waals surface area contributed by atoms with Crippen LogP contribution in [-0.2, 0) is 0 Å². The van der Waals surface area contributed by atoms with Gasteiger partial charge in [0.05, 0.1) is 9.88 Å². The van der Waals surface area contributed by atoms with Crippen molar-refractivity contribution in [3.8, 4) is 0 Å². The molecule has 1 aromatic heterocycles. The molecule has 0 spiro atoms. The lowest BCUT2D eigenvalue weighted by Gasteiger charge is -2.23. The molecule has 1 amide bonds. The van der Waals surface area contributed by atoms with E-state index in [1.54, 1.807) is 6.07 Å². The van der Waals surface area contributed by atoms with Crippen LogP contribution < -0.4 is 16.4 Å². The second-order valence-corrected chi connectivity index (χ2v) is 5.04. The summed E-state index contributed by atoms with van der Waals surface area (Å²) in [5, 5.41) is 6.85.